The number of aliphatic hydroxyl groups is 2. The van der Waals surface area contributed by atoms with Gasteiger partial charge in [0.1, 0.15) is 11.5 Å². The summed E-state index contributed by atoms with van der Waals surface area (Å²) >= 11 is 0. The van der Waals surface area contributed by atoms with Crippen molar-refractivity contribution in [3.05, 3.63) is 52.1 Å². The Morgan fingerprint density at radius 1 is 1.23 bits per heavy atom. The van der Waals surface area contributed by atoms with Crippen LogP contribution >= 0.6 is 0 Å². The van der Waals surface area contributed by atoms with Crippen LogP contribution in [0.5, 0.6) is 5.75 Å². The maximum Gasteiger partial charge on any atom is 0.339 e. The molecule has 0 spiro atoms. The van der Waals surface area contributed by atoms with Crippen molar-refractivity contribution in [1.29, 1.82) is 0 Å². The summed E-state index contributed by atoms with van der Waals surface area (Å²) in [5.74, 6) is -0.640. The molecule has 1 aromatic rings. The van der Waals surface area contributed by atoms with E-state index >= 15 is 0 Å². The molecule has 0 saturated heterocycles. The molecule has 5 heteroatoms. The zero-order chi connectivity index (χ0) is 16.9. The molecule has 1 heterocycles. The summed E-state index contributed by atoms with van der Waals surface area (Å²) in [6.45, 7) is 7.23. The Hall–Kier alpha value is -1.85. The SMILES string of the molecule is CC=C(C)[C@H](O)[C@@H](C)C=C[C@H](O)[C@@H](C)c1cc(O)cc(=O)o1. The highest BCUT2D eigenvalue weighted by atomic mass is 16.4. The first-order valence-electron chi connectivity index (χ1n) is 7.27. The molecule has 3 N–H and O–H groups in total. The number of hydrogen-bond donors (Lipinski definition) is 3. The van der Waals surface area contributed by atoms with E-state index in [1.807, 2.05) is 26.8 Å². The molecule has 1 aromatic heterocycles. The zero-order valence-corrected chi connectivity index (χ0v) is 13.4. The van der Waals surface area contributed by atoms with Gasteiger partial charge in [-0.2, -0.15) is 0 Å². The second kappa shape index (κ2) is 7.96. The largest absolute Gasteiger partial charge is 0.508 e. The molecular weight excluding hydrogens is 284 g/mol. The molecule has 0 saturated carbocycles. The maximum atomic E-state index is 11.2. The predicted octanol–water partition coefficient (Wildman–Crippen LogP) is 2.33. The lowest BCUT2D eigenvalue weighted by molar-refractivity contribution is 0.166. The minimum atomic E-state index is -0.898. The first kappa shape index (κ1) is 18.2. The van der Waals surface area contributed by atoms with Crippen LogP contribution < -0.4 is 5.63 Å². The smallest absolute Gasteiger partial charge is 0.339 e. The van der Waals surface area contributed by atoms with Crippen LogP contribution in [-0.2, 0) is 0 Å². The molecule has 0 amide bonds. The molecule has 0 aromatic carbocycles. The molecular formula is C17H24O5. The normalized spacial score (nSPS) is 18.2. The fraction of sp³-hybridized carbons (Fsp3) is 0.471. The van der Waals surface area contributed by atoms with Crippen molar-refractivity contribution < 1.29 is 19.7 Å². The summed E-state index contributed by atoms with van der Waals surface area (Å²) in [4.78, 5) is 11.2. The van der Waals surface area contributed by atoms with Crippen molar-refractivity contribution in [2.75, 3.05) is 0 Å². The van der Waals surface area contributed by atoms with E-state index in [0.29, 0.717) is 0 Å². The van der Waals surface area contributed by atoms with Crippen molar-refractivity contribution >= 4 is 0 Å². The Bertz CT molecular complexity index is 599. The number of hydrogen-bond acceptors (Lipinski definition) is 5. The van der Waals surface area contributed by atoms with Gasteiger partial charge < -0.3 is 19.7 Å². The summed E-state index contributed by atoms with van der Waals surface area (Å²) in [5.41, 5.74) is 0.198. The van der Waals surface area contributed by atoms with Gasteiger partial charge in [0, 0.05) is 17.9 Å². The minimum Gasteiger partial charge on any atom is -0.508 e. The van der Waals surface area contributed by atoms with Gasteiger partial charge in [-0.3, -0.25) is 0 Å². The highest BCUT2D eigenvalue weighted by Gasteiger charge is 2.19. The van der Waals surface area contributed by atoms with Gasteiger partial charge in [-0.15, -0.1) is 0 Å². The second-order valence-corrected chi connectivity index (χ2v) is 5.54. The fourth-order valence-electron chi connectivity index (χ4n) is 2.02. The lowest BCUT2D eigenvalue weighted by Gasteiger charge is -2.18. The average Bonchev–Trinajstić information content (AvgIpc) is 2.48. The quantitative estimate of drug-likeness (QED) is 0.702. The third-order valence-corrected chi connectivity index (χ3v) is 3.77. The van der Waals surface area contributed by atoms with Crippen LogP contribution in [0.4, 0.5) is 0 Å². The molecule has 5 nitrogen and oxygen atoms in total. The number of aliphatic hydroxyl groups excluding tert-OH is 2. The number of rotatable bonds is 6. The van der Waals surface area contributed by atoms with Crippen molar-refractivity contribution in [3.63, 3.8) is 0 Å². The second-order valence-electron chi connectivity index (χ2n) is 5.54. The van der Waals surface area contributed by atoms with Gasteiger partial charge in [-0.1, -0.05) is 32.1 Å². The molecule has 0 unspecified atom stereocenters. The zero-order valence-electron chi connectivity index (χ0n) is 13.4. The third kappa shape index (κ3) is 4.86. The highest BCUT2D eigenvalue weighted by Crippen LogP contribution is 2.23. The van der Waals surface area contributed by atoms with E-state index in [2.05, 4.69) is 0 Å². The molecule has 0 bridgehead atoms. The van der Waals surface area contributed by atoms with Crippen molar-refractivity contribution in [1.82, 2.24) is 0 Å². The Morgan fingerprint density at radius 3 is 2.41 bits per heavy atom. The topological polar surface area (TPSA) is 90.9 Å². The van der Waals surface area contributed by atoms with Crippen LogP contribution in [0.2, 0.25) is 0 Å². The number of allylic oxidation sites excluding steroid dienone is 1. The Morgan fingerprint density at radius 2 is 1.86 bits per heavy atom. The summed E-state index contributed by atoms with van der Waals surface area (Å²) < 4.78 is 4.98. The van der Waals surface area contributed by atoms with Gasteiger partial charge in [0.2, 0.25) is 0 Å². The standard InChI is InChI=1S/C17H24O5/c1-5-10(2)17(21)11(3)6-7-14(19)12(4)15-8-13(18)9-16(20)22-15/h5-9,11-12,14,17-19,21H,1-4H3/t11-,12+,14-,17-/m0/s1. The monoisotopic (exact) mass is 308 g/mol. The lowest BCUT2D eigenvalue weighted by atomic mass is 9.95. The van der Waals surface area contributed by atoms with Gasteiger partial charge in [-0.05, 0) is 19.4 Å². The Kier molecular flexibility index (Phi) is 6.59. The summed E-state index contributed by atoms with van der Waals surface area (Å²) in [6.07, 6.45) is 3.62. The van der Waals surface area contributed by atoms with Crippen LogP contribution in [0.1, 0.15) is 39.4 Å². The fourth-order valence-corrected chi connectivity index (χ4v) is 2.02. The van der Waals surface area contributed by atoms with Crippen LogP contribution in [0.25, 0.3) is 0 Å². The molecule has 0 aliphatic heterocycles. The number of aromatic hydroxyl groups is 1. The molecule has 0 fully saturated rings. The Labute approximate surface area is 130 Å². The lowest BCUT2D eigenvalue weighted by Crippen LogP contribution is -2.19. The molecule has 0 radical (unpaired) electrons. The van der Waals surface area contributed by atoms with E-state index in [1.54, 1.807) is 19.1 Å². The maximum absolute atomic E-state index is 11.2. The van der Waals surface area contributed by atoms with E-state index in [-0.39, 0.29) is 17.4 Å². The molecule has 0 aliphatic rings. The highest BCUT2D eigenvalue weighted by molar-refractivity contribution is 5.22. The first-order valence-corrected chi connectivity index (χ1v) is 7.27. The minimum absolute atomic E-state index is 0.158. The van der Waals surface area contributed by atoms with Gasteiger partial charge in [0.25, 0.3) is 0 Å². The van der Waals surface area contributed by atoms with E-state index in [4.69, 9.17) is 4.42 Å². The summed E-state index contributed by atoms with van der Waals surface area (Å²) in [5, 5.41) is 29.6. The first-order chi connectivity index (χ1) is 10.3. The molecule has 22 heavy (non-hydrogen) atoms. The van der Waals surface area contributed by atoms with Crippen molar-refractivity contribution in [2.24, 2.45) is 5.92 Å². The summed E-state index contributed by atoms with van der Waals surface area (Å²) in [6, 6.07) is 2.28. The third-order valence-electron chi connectivity index (χ3n) is 3.77. The average molecular weight is 308 g/mol. The molecule has 122 valence electrons. The van der Waals surface area contributed by atoms with Crippen LogP contribution in [0.3, 0.4) is 0 Å². The van der Waals surface area contributed by atoms with Gasteiger partial charge in [0.15, 0.2) is 0 Å². The van der Waals surface area contributed by atoms with Crippen LogP contribution in [0, 0.1) is 5.92 Å². The van der Waals surface area contributed by atoms with E-state index in [0.717, 1.165) is 11.6 Å². The van der Waals surface area contributed by atoms with Crippen molar-refractivity contribution in [3.8, 4) is 5.75 Å². The molecule has 0 aliphatic carbocycles. The molecule has 4 atom stereocenters. The van der Waals surface area contributed by atoms with Gasteiger partial charge in [-0.25, -0.2) is 4.79 Å². The van der Waals surface area contributed by atoms with Gasteiger partial charge >= 0.3 is 5.63 Å². The van der Waals surface area contributed by atoms with E-state index in [9.17, 15) is 20.1 Å². The summed E-state index contributed by atoms with van der Waals surface area (Å²) in [7, 11) is 0. The van der Waals surface area contributed by atoms with E-state index < -0.39 is 23.8 Å². The van der Waals surface area contributed by atoms with Crippen LogP contribution in [-0.4, -0.2) is 27.5 Å². The Balaban J connectivity index is 2.81. The predicted molar refractivity (Wildman–Crippen MR) is 84.8 cm³/mol. The van der Waals surface area contributed by atoms with Crippen molar-refractivity contribution in [2.45, 2.75) is 45.8 Å². The van der Waals surface area contributed by atoms with Gasteiger partial charge in [0.05, 0.1) is 18.3 Å². The van der Waals surface area contributed by atoms with Crippen LogP contribution in [0.15, 0.2) is 45.1 Å². The van der Waals surface area contributed by atoms with E-state index in [1.165, 1.54) is 6.07 Å². The molecule has 1 rings (SSSR count).